The summed E-state index contributed by atoms with van der Waals surface area (Å²) in [5.41, 5.74) is 2.88. The number of nitrogens with zero attached hydrogens (tertiary/aromatic N) is 4. The number of rotatable bonds is 3. The van der Waals surface area contributed by atoms with Gasteiger partial charge < -0.3 is 14.0 Å². The van der Waals surface area contributed by atoms with Gasteiger partial charge in [0.2, 0.25) is 5.91 Å². The van der Waals surface area contributed by atoms with Gasteiger partial charge in [0.05, 0.1) is 12.9 Å². The number of aromatic nitrogens is 3. The summed E-state index contributed by atoms with van der Waals surface area (Å²) in [6.07, 6.45) is 5.87. The third-order valence-electron chi connectivity index (χ3n) is 5.51. The molecular formula is C22H20N4O2. The molecule has 3 heterocycles. The molecule has 1 amide bonds. The maximum absolute atomic E-state index is 13.0. The fourth-order valence-electron chi connectivity index (χ4n) is 3.93. The molecule has 0 spiro atoms. The van der Waals surface area contributed by atoms with Crippen molar-refractivity contribution in [3.63, 3.8) is 0 Å². The molecule has 1 aliphatic rings. The number of benzene rings is 2. The number of carbonyl (C=O) groups is 1. The Morgan fingerprint density at radius 3 is 2.89 bits per heavy atom. The Bertz CT molecular complexity index is 1140. The fourth-order valence-corrected chi connectivity index (χ4v) is 3.93. The van der Waals surface area contributed by atoms with Crippen molar-refractivity contribution in [1.82, 2.24) is 19.6 Å². The predicted octanol–water partition coefficient (Wildman–Crippen LogP) is 3.84. The summed E-state index contributed by atoms with van der Waals surface area (Å²) in [4.78, 5) is 19.0. The topological polar surface area (TPSA) is 64.2 Å². The minimum absolute atomic E-state index is 0.0775. The van der Waals surface area contributed by atoms with Crippen LogP contribution in [0, 0.1) is 0 Å². The lowest BCUT2D eigenvalue weighted by Gasteiger charge is -2.29. The van der Waals surface area contributed by atoms with Crippen molar-refractivity contribution in [3.05, 3.63) is 72.5 Å². The van der Waals surface area contributed by atoms with Crippen LogP contribution >= 0.6 is 0 Å². The minimum atomic E-state index is -0.287. The van der Waals surface area contributed by atoms with Gasteiger partial charge in [-0.25, -0.2) is 4.98 Å². The van der Waals surface area contributed by atoms with Gasteiger partial charge >= 0.3 is 0 Å². The quantitative estimate of drug-likeness (QED) is 0.548. The first-order valence-corrected chi connectivity index (χ1v) is 9.44. The van der Waals surface area contributed by atoms with Gasteiger partial charge in [-0.05, 0) is 17.7 Å². The van der Waals surface area contributed by atoms with E-state index in [9.17, 15) is 4.79 Å². The first-order valence-electron chi connectivity index (χ1n) is 9.44. The SMILES string of the molecule is C[C@H](C(=O)N1CCc2onc(-c3cccc4ccccc34)c2C1)n1ccnc1. The normalized spacial score (nSPS) is 14.8. The monoisotopic (exact) mass is 372 g/mol. The highest BCUT2D eigenvalue weighted by molar-refractivity contribution is 5.96. The molecule has 5 rings (SSSR count). The van der Waals surface area contributed by atoms with E-state index < -0.39 is 0 Å². The lowest BCUT2D eigenvalue weighted by molar-refractivity contribution is -0.135. The summed E-state index contributed by atoms with van der Waals surface area (Å²) >= 11 is 0. The van der Waals surface area contributed by atoms with Gasteiger partial charge in [-0.2, -0.15) is 0 Å². The van der Waals surface area contributed by atoms with Crippen molar-refractivity contribution >= 4 is 16.7 Å². The smallest absolute Gasteiger partial charge is 0.245 e. The summed E-state index contributed by atoms with van der Waals surface area (Å²) in [5, 5.41) is 6.68. The first-order chi connectivity index (χ1) is 13.7. The number of hydrogen-bond donors (Lipinski definition) is 0. The van der Waals surface area contributed by atoms with Crippen molar-refractivity contribution in [3.8, 4) is 11.3 Å². The van der Waals surface area contributed by atoms with Crippen molar-refractivity contribution < 1.29 is 9.32 Å². The predicted molar refractivity (Wildman–Crippen MR) is 106 cm³/mol. The molecule has 0 radical (unpaired) electrons. The molecule has 0 N–H and O–H groups in total. The Hall–Kier alpha value is -3.41. The van der Waals surface area contributed by atoms with E-state index >= 15 is 0 Å². The molecule has 0 saturated heterocycles. The molecular weight excluding hydrogens is 352 g/mol. The van der Waals surface area contributed by atoms with Crippen LogP contribution in [0.1, 0.15) is 24.3 Å². The second kappa shape index (κ2) is 6.64. The average molecular weight is 372 g/mol. The van der Waals surface area contributed by atoms with Crippen LogP contribution in [0.15, 0.2) is 65.7 Å². The standard InChI is InChI=1S/C22H20N4O2/c1-15(26-12-10-23-14-26)22(27)25-11-9-20-19(13-25)21(24-28-20)18-8-4-6-16-5-2-3-7-17(16)18/h2-8,10,12,14-15H,9,11,13H2,1H3/t15-/m1/s1. The van der Waals surface area contributed by atoms with E-state index in [1.165, 1.54) is 0 Å². The van der Waals surface area contributed by atoms with E-state index in [0.29, 0.717) is 19.5 Å². The highest BCUT2D eigenvalue weighted by atomic mass is 16.5. The second-order valence-corrected chi connectivity index (χ2v) is 7.16. The molecule has 28 heavy (non-hydrogen) atoms. The molecule has 0 unspecified atom stereocenters. The second-order valence-electron chi connectivity index (χ2n) is 7.16. The molecule has 0 aliphatic carbocycles. The highest BCUT2D eigenvalue weighted by Gasteiger charge is 2.30. The summed E-state index contributed by atoms with van der Waals surface area (Å²) in [7, 11) is 0. The molecule has 4 aromatic rings. The van der Waals surface area contributed by atoms with E-state index in [4.69, 9.17) is 4.52 Å². The number of carbonyl (C=O) groups excluding carboxylic acids is 1. The molecule has 1 aliphatic heterocycles. The number of hydrogen-bond acceptors (Lipinski definition) is 4. The van der Waals surface area contributed by atoms with E-state index in [1.807, 2.05) is 40.8 Å². The van der Waals surface area contributed by atoms with Crippen LogP contribution in [0.4, 0.5) is 0 Å². The Morgan fingerprint density at radius 2 is 2.04 bits per heavy atom. The number of fused-ring (bicyclic) bond motifs is 2. The Kier molecular flexibility index (Phi) is 3.97. The van der Waals surface area contributed by atoms with E-state index in [1.54, 1.807) is 12.5 Å². The molecule has 0 fully saturated rings. The van der Waals surface area contributed by atoms with Gasteiger partial charge in [0.1, 0.15) is 17.5 Å². The average Bonchev–Trinajstić information content (AvgIpc) is 3.42. The van der Waals surface area contributed by atoms with Gasteiger partial charge in [0.25, 0.3) is 0 Å². The zero-order valence-electron chi connectivity index (χ0n) is 15.6. The minimum Gasteiger partial charge on any atom is -0.360 e. The molecule has 1 atom stereocenters. The van der Waals surface area contributed by atoms with Crippen LogP contribution < -0.4 is 0 Å². The lowest BCUT2D eigenvalue weighted by atomic mass is 9.97. The largest absolute Gasteiger partial charge is 0.360 e. The summed E-state index contributed by atoms with van der Waals surface area (Å²) in [6, 6.07) is 14.1. The fraction of sp³-hybridized carbons (Fsp3) is 0.227. The van der Waals surface area contributed by atoms with Crippen LogP contribution in [0.2, 0.25) is 0 Å². The molecule has 2 aromatic heterocycles. The van der Waals surface area contributed by atoms with Crippen molar-refractivity contribution in [2.24, 2.45) is 0 Å². The third kappa shape index (κ3) is 2.69. The van der Waals surface area contributed by atoms with Crippen molar-refractivity contribution in [1.29, 1.82) is 0 Å². The van der Waals surface area contributed by atoms with Gasteiger partial charge in [0.15, 0.2) is 0 Å². The Balaban J connectivity index is 1.50. The van der Waals surface area contributed by atoms with Gasteiger partial charge in [-0.15, -0.1) is 0 Å². The van der Waals surface area contributed by atoms with Crippen LogP contribution in [-0.4, -0.2) is 32.1 Å². The van der Waals surface area contributed by atoms with Crippen molar-refractivity contribution in [2.75, 3.05) is 6.54 Å². The van der Waals surface area contributed by atoms with E-state index in [2.05, 4.69) is 34.4 Å². The highest BCUT2D eigenvalue weighted by Crippen LogP contribution is 2.34. The summed E-state index contributed by atoms with van der Waals surface area (Å²) < 4.78 is 7.48. The maximum Gasteiger partial charge on any atom is 0.245 e. The van der Waals surface area contributed by atoms with E-state index in [0.717, 1.165) is 33.4 Å². The Labute approximate surface area is 162 Å². The number of imidazole rings is 1. The van der Waals surface area contributed by atoms with Crippen LogP contribution in [0.5, 0.6) is 0 Å². The molecule has 0 bridgehead atoms. The Morgan fingerprint density at radius 1 is 1.18 bits per heavy atom. The molecule has 2 aromatic carbocycles. The summed E-state index contributed by atoms with van der Waals surface area (Å²) in [5.74, 6) is 0.955. The van der Waals surface area contributed by atoms with E-state index in [-0.39, 0.29) is 11.9 Å². The van der Waals surface area contributed by atoms with Gasteiger partial charge in [0, 0.05) is 36.5 Å². The zero-order valence-corrected chi connectivity index (χ0v) is 15.6. The number of amides is 1. The van der Waals surface area contributed by atoms with Gasteiger partial charge in [-0.3, -0.25) is 4.79 Å². The molecule has 0 saturated carbocycles. The van der Waals surface area contributed by atoms with Crippen molar-refractivity contribution in [2.45, 2.75) is 25.9 Å². The molecule has 6 heteroatoms. The molecule has 6 nitrogen and oxygen atoms in total. The maximum atomic E-state index is 13.0. The zero-order chi connectivity index (χ0) is 19.1. The third-order valence-corrected chi connectivity index (χ3v) is 5.51. The van der Waals surface area contributed by atoms with Gasteiger partial charge in [-0.1, -0.05) is 47.6 Å². The van der Waals surface area contributed by atoms with Crippen LogP contribution in [0.3, 0.4) is 0 Å². The summed E-state index contributed by atoms with van der Waals surface area (Å²) in [6.45, 7) is 3.04. The molecule has 140 valence electrons. The lowest BCUT2D eigenvalue weighted by Crippen LogP contribution is -2.39. The van der Waals surface area contributed by atoms with Crippen LogP contribution in [0.25, 0.3) is 22.0 Å². The van der Waals surface area contributed by atoms with Crippen LogP contribution in [-0.2, 0) is 17.8 Å². The first kappa shape index (κ1) is 16.7.